The Balaban J connectivity index is 2.33. The van der Waals surface area contributed by atoms with E-state index in [0.29, 0.717) is 12.2 Å². The second-order valence-electron chi connectivity index (χ2n) is 3.61. The van der Waals surface area contributed by atoms with Crippen LogP contribution in [-0.2, 0) is 10.0 Å². The smallest absolute Gasteiger partial charge is 0.235 e. The maximum atomic E-state index is 11.7. The van der Waals surface area contributed by atoms with Crippen LogP contribution in [-0.4, -0.2) is 25.8 Å². The predicted molar refractivity (Wildman–Crippen MR) is 58.5 cm³/mol. The number of anilines is 1. The summed E-state index contributed by atoms with van der Waals surface area (Å²) in [5.74, 6) is 0.363. The van der Waals surface area contributed by atoms with Gasteiger partial charge in [-0.25, -0.2) is 8.42 Å². The third-order valence-corrected chi connectivity index (χ3v) is 4.36. The molecule has 1 aromatic carbocycles. The molecule has 5 heteroatoms. The van der Waals surface area contributed by atoms with Crippen molar-refractivity contribution in [3.8, 4) is 5.75 Å². The number of phenolic OH excluding ortho intramolecular Hbond substituents is 1. The summed E-state index contributed by atoms with van der Waals surface area (Å²) in [6.07, 6.45) is 1.62. The van der Waals surface area contributed by atoms with Gasteiger partial charge in [0.1, 0.15) is 5.75 Å². The molecule has 0 spiro atoms. The van der Waals surface area contributed by atoms with Crippen LogP contribution < -0.4 is 4.31 Å². The van der Waals surface area contributed by atoms with Gasteiger partial charge < -0.3 is 5.11 Å². The van der Waals surface area contributed by atoms with Crippen LogP contribution in [0.1, 0.15) is 12.8 Å². The summed E-state index contributed by atoms with van der Waals surface area (Å²) in [5, 5.41) is 9.12. The van der Waals surface area contributed by atoms with Crippen LogP contribution in [0.3, 0.4) is 0 Å². The highest BCUT2D eigenvalue weighted by Gasteiger charge is 2.25. The fourth-order valence-electron chi connectivity index (χ4n) is 1.70. The Morgan fingerprint density at radius 2 is 1.80 bits per heavy atom. The maximum absolute atomic E-state index is 11.7. The standard InChI is InChI=1S/C10H13NO3S/c12-10-5-3-9(4-6-10)11-7-1-2-8-15(11,13)14/h3-6,12H,1-2,7-8H2. The quantitative estimate of drug-likeness (QED) is 0.787. The molecule has 1 aromatic rings. The largest absolute Gasteiger partial charge is 0.508 e. The lowest BCUT2D eigenvalue weighted by Crippen LogP contribution is -2.37. The van der Waals surface area contributed by atoms with Crippen molar-refractivity contribution in [2.24, 2.45) is 0 Å². The monoisotopic (exact) mass is 227 g/mol. The van der Waals surface area contributed by atoms with Gasteiger partial charge in [0.15, 0.2) is 0 Å². The highest BCUT2D eigenvalue weighted by Crippen LogP contribution is 2.24. The lowest BCUT2D eigenvalue weighted by atomic mass is 10.3. The number of nitrogens with zero attached hydrogens (tertiary/aromatic N) is 1. The van der Waals surface area contributed by atoms with Gasteiger partial charge in [0, 0.05) is 6.54 Å². The minimum absolute atomic E-state index is 0.146. The Morgan fingerprint density at radius 3 is 2.40 bits per heavy atom. The van der Waals surface area contributed by atoms with E-state index in [1.807, 2.05) is 0 Å². The SMILES string of the molecule is O=S1(=O)CCCCN1c1ccc(O)cc1. The third-order valence-electron chi connectivity index (χ3n) is 2.49. The first-order chi connectivity index (χ1) is 7.09. The Labute approximate surface area is 89.2 Å². The van der Waals surface area contributed by atoms with E-state index in [-0.39, 0.29) is 11.5 Å². The molecule has 15 heavy (non-hydrogen) atoms. The molecule has 1 heterocycles. The first-order valence-electron chi connectivity index (χ1n) is 4.89. The van der Waals surface area contributed by atoms with Gasteiger partial charge >= 0.3 is 0 Å². The molecule has 1 fully saturated rings. The third kappa shape index (κ3) is 2.07. The lowest BCUT2D eigenvalue weighted by molar-refractivity contribution is 0.475. The molecule has 0 saturated carbocycles. The first kappa shape index (κ1) is 10.3. The Hall–Kier alpha value is -1.23. The van der Waals surface area contributed by atoms with E-state index in [4.69, 9.17) is 5.11 Å². The minimum atomic E-state index is -3.14. The molecule has 1 aliphatic rings. The van der Waals surface area contributed by atoms with Crippen molar-refractivity contribution < 1.29 is 13.5 Å². The minimum Gasteiger partial charge on any atom is -0.508 e. The number of phenols is 1. The molecule has 0 aromatic heterocycles. The van der Waals surface area contributed by atoms with Gasteiger partial charge in [-0.05, 0) is 37.1 Å². The van der Waals surface area contributed by atoms with Gasteiger partial charge in [-0.2, -0.15) is 0 Å². The van der Waals surface area contributed by atoms with Gasteiger partial charge in [-0.3, -0.25) is 4.31 Å². The van der Waals surface area contributed by atoms with Crippen LogP contribution in [0.15, 0.2) is 24.3 Å². The molecule has 0 radical (unpaired) electrons. The molecule has 0 bridgehead atoms. The summed E-state index contributed by atoms with van der Waals surface area (Å²) in [5.41, 5.74) is 0.632. The molecule has 1 aliphatic heterocycles. The predicted octanol–water partition coefficient (Wildman–Crippen LogP) is 1.32. The summed E-state index contributed by atoms with van der Waals surface area (Å²) in [4.78, 5) is 0. The van der Waals surface area contributed by atoms with Crippen molar-refractivity contribution in [3.63, 3.8) is 0 Å². The fourth-order valence-corrected chi connectivity index (χ4v) is 3.34. The van der Waals surface area contributed by atoms with E-state index in [0.717, 1.165) is 12.8 Å². The number of hydrogen-bond acceptors (Lipinski definition) is 3. The first-order valence-corrected chi connectivity index (χ1v) is 6.50. The topological polar surface area (TPSA) is 57.6 Å². The van der Waals surface area contributed by atoms with E-state index >= 15 is 0 Å². The molecule has 0 atom stereocenters. The van der Waals surface area contributed by atoms with Crippen molar-refractivity contribution in [2.45, 2.75) is 12.8 Å². The average molecular weight is 227 g/mol. The van der Waals surface area contributed by atoms with Crippen molar-refractivity contribution in [1.29, 1.82) is 0 Å². The molecule has 2 rings (SSSR count). The number of aromatic hydroxyl groups is 1. The van der Waals surface area contributed by atoms with Crippen molar-refractivity contribution in [2.75, 3.05) is 16.6 Å². The number of benzene rings is 1. The summed E-state index contributed by atoms with van der Waals surface area (Å²) in [6.45, 7) is 0.535. The van der Waals surface area contributed by atoms with E-state index < -0.39 is 10.0 Å². The van der Waals surface area contributed by atoms with Crippen LogP contribution in [0.2, 0.25) is 0 Å². The summed E-state index contributed by atoms with van der Waals surface area (Å²) >= 11 is 0. The molecular formula is C10H13NO3S. The zero-order valence-electron chi connectivity index (χ0n) is 8.26. The highest BCUT2D eigenvalue weighted by atomic mass is 32.2. The van der Waals surface area contributed by atoms with Crippen molar-refractivity contribution in [3.05, 3.63) is 24.3 Å². The second kappa shape index (κ2) is 3.73. The zero-order chi connectivity index (χ0) is 10.9. The van der Waals surface area contributed by atoms with Gasteiger partial charge in [-0.1, -0.05) is 0 Å². The molecule has 1 saturated heterocycles. The van der Waals surface area contributed by atoms with Crippen LogP contribution >= 0.6 is 0 Å². The lowest BCUT2D eigenvalue weighted by Gasteiger charge is -2.28. The highest BCUT2D eigenvalue weighted by molar-refractivity contribution is 7.92. The number of sulfonamides is 1. The Kier molecular flexibility index (Phi) is 2.56. The van der Waals surface area contributed by atoms with Gasteiger partial charge in [0.2, 0.25) is 10.0 Å². The Morgan fingerprint density at radius 1 is 1.13 bits per heavy atom. The molecule has 0 amide bonds. The van der Waals surface area contributed by atoms with Gasteiger partial charge in [0.05, 0.1) is 11.4 Å². The summed E-state index contributed by atoms with van der Waals surface area (Å²) in [6, 6.07) is 6.25. The summed E-state index contributed by atoms with van der Waals surface area (Å²) in [7, 11) is -3.14. The van der Waals surface area contributed by atoms with Crippen LogP contribution in [0, 0.1) is 0 Å². The molecule has 82 valence electrons. The van der Waals surface area contributed by atoms with E-state index in [1.54, 1.807) is 12.1 Å². The molecule has 1 N–H and O–H groups in total. The molecular weight excluding hydrogens is 214 g/mol. The summed E-state index contributed by atoms with van der Waals surface area (Å²) < 4.78 is 24.9. The van der Waals surface area contributed by atoms with Crippen LogP contribution in [0.25, 0.3) is 0 Å². The van der Waals surface area contributed by atoms with E-state index in [2.05, 4.69) is 0 Å². The number of hydrogen-bond donors (Lipinski definition) is 1. The van der Waals surface area contributed by atoms with Crippen molar-refractivity contribution in [1.82, 2.24) is 0 Å². The maximum Gasteiger partial charge on any atom is 0.235 e. The molecule has 4 nitrogen and oxygen atoms in total. The zero-order valence-corrected chi connectivity index (χ0v) is 9.07. The normalized spacial score (nSPS) is 20.1. The Bertz CT molecular complexity index is 438. The molecule has 0 unspecified atom stereocenters. The van der Waals surface area contributed by atoms with Gasteiger partial charge in [0.25, 0.3) is 0 Å². The number of rotatable bonds is 1. The average Bonchev–Trinajstić information content (AvgIpc) is 2.19. The molecule has 0 aliphatic carbocycles. The van der Waals surface area contributed by atoms with E-state index in [1.165, 1.54) is 16.4 Å². The van der Waals surface area contributed by atoms with Crippen LogP contribution in [0.4, 0.5) is 5.69 Å². The van der Waals surface area contributed by atoms with Gasteiger partial charge in [-0.15, -0.1) is 0 Å². The van der Waals surface area contributed by atoms with Crippen LogP contribution in [0.5, 0.6) is 5.75 Å². The van der Waals surface area contributed by atoms with Crippen molar-refractivity contribution >= 4 is 15.7 Å². The second-order valence-corrected chi connectivity index (χ2v) is 5.62. The van der Waals surface area contributed by atoms with E-state index in [9.17, 15) is 8.42 Å². The fraction of sp³-hybridized carbons (Fsp3) is 0.400.